The molecule has 1 fully saturated rings. The molecule has 0 amide bonds. The number of aromatic nitrogens is 8. The van der Waals surface area contributed by atoms with Crippen LogP contribution < -0.4 is 5.32 Å². The monoisotopic (exact) mass is 373 g/mol. The fourth-order valence-electron chi connectivity index (χ4n) is 4.34. The van der Waals surface area contributed by atoms with Crippen molar-refractivity contribution < 1.29 is 0 Å². The first-order valence-electron chi connectivity index (χ1n) is 9.46. The minimum absolute atomic E-state index is 0.374. The van der Waals surface area contributed by atoms with E-state index in [1.807, 2.05) is 12.1 Å². The Labute approximate surface area is 160 Å². The predicted molar refractivity (Wildman–Crippen MR) is 102 cm³/mol. The Hall–Kier alpha value is -3.36. The van der Waals surface area contributed by atoms with Gasteiger partial charge in [-0.05, 0) is 36.5 Å². The van der Waals surface area contributed by atoms with Gasteiger partial charge in [0, 0.05) is 36.8 Å². The summed E-state index contributed by atoms with van der Waals surface area (Å²) >= 11 is 0. The molecule has 0 bridgehead atoms. The highest BCUT2D eigenvalue weighted by Crippen LogP contribution is 2.59. The topological polar surface area (TPSA) is 98.7 Å². The molecule has 1 unspecified atom stereocenters. The van der Waals surface area contributed by atoms with Crippen molar-refractivity contribution in [3.63, 3.8) is 0 Å². The number of pyridine rings is 1. The van der Waals surface area contributed by atoms with Gasteiger partial charge in [-0.2, -0.15) is 9.90 Å². The third-order valence-corrected chi connectivity index (χ3v) is 6.16. The van der Waals surface area contributed by atoms with Gasteiger partial charge >= 0.3 is 0 Å². The quantitative estimate of drug-likeness (QED) is 0.589. The minimum atomic E-state index is 0.374. The van der Waals surface area contributed by atoms with Crippen LogP contribution >= 0.6 is 0 Å². The molecule has 0 saturated heterocycles. The molecule has 2 aliphatic rings. The van der Waals surface area contributed by atoms with E-state index in [1.165, 1.54) is 23.3 Å². The van der Waals surface area contributed by atoms with Crippen molar-refractivity contribution in [1.82, 2.24) is 39.6 Å². The van der Waals surface area contributed by atoms with Crippen LogP contribution in [-0.2, 0) is 13.5 Å². The van der Waals surface area contributed by atoms with Crippen LogP contribution in [0, 0.1) is 5.41 Å². The van der Waals surface area contributed by atoms with E-state index in [1.54, 1.807) is 19.4 Å². The molecule has 9 heteroatoms. The van der Waals surface area contributed by atoms with Gasteiger partial charge in [-0.3, -0.25) is 4.40 Å². The van der Waals surface area contributed by atoms with E-state index >= 15 is 0 Å². The van der Waals surface area contributed by atoms with Crippen molar-refractivity contribution in [2.45, 2.75) is 32.1 Å². The average Bonchev–Trinajstić information content (AvgIpc) is 3.18. The molecule has 1 saturated carbocycles. The number of hydrogen-bond donors (Lipinski definition) is 1. The van der Waals surface area contributed by atoms with Crippen molar-refractivity contribution in [2.24, 2.45) is 12.5 Å². The summed E-state index contributed by atoms with van der Waals surface area (Å²) in [4.78, 5) is 10.5. The highest BCUT2D eigenvalue weighted by Gasteiger charge is 2.51. The van der Waals surface area contributed by atoms with Gasteiger partial charge in [0.2, 0.25) is 5.95 Å². The molecule has 140 valence electrons. The third-order valence-electron chi connectivity index (χ3n) is 6.16. The maximum absolute atomic E-state index is 4.67. The average molecular weight is 373 g/mol. The molecule has 4 aromatic heterocycles. The summed E-state index contributed by atoms with van der Waals surface area (Å²) in [6, 6.07) is 6.20. The zero-order valence-corrected chi connectivity index (χ0v) is 15.7. The second-order valence-electron chi connectivity index (χ2n) is 7.85. The molecule has 28 heavy (non-hydrogen) atoms. The molecule has 1 N–H and O–H groups in total. The standard InChI is InChI=1S/C19H19N9/c1-11-14-7-12(8-16-24-25-17(28(14)16)9-19(11)4-5-19)13-3-6-20-18(22-13)23-15-10-21-27(2)26-15/h3,6-8,10-11H,4-5,9H2,1-2H3,(H,20,22,23,26). The lowest BCUT2D eigenvalue weighted by Crippen LogP contribution is -2.24. The SMILES string of the molecule is CC1c2cc(-c3ccnc(Nc4cnn(C)n4)n3)cc3nnc(n23)CC12CC2. The summed E-state index contributed by atoms with van der Waals surface area (Å²) in [5.41, 5.74) is 4.40. The van der Waals surface area contributed by atoms with Crippen LogP contribution in [0.3, 0.4) is 0 Å². The largest absolute Gasteiger partial charge is 0.306 e. The summed E-state index contributed by atoms with van der Waals surface area (Å²) in [7, 11) is 1.77. The van der Waals surface area contributed by atoms with Crippen LogP contribution in [-0.4, -0.2) is 39.6 Å². The smallest absolute Gasteiger partial charge is 0.228 e. The molecule has 4 aromatic rings. The number of nitrogens with zero attached hydrogens (tertiary/aromatic N) is 8. The number of anilines is 2. The van der Waals surface area contributed by atoms with Gasteiger partial charge < -0.3 is 5.32 Å². The Kier molecular flexibility index (Phi) is 2.99. The van der Waals surface area contributed by atoms with Crippen LogP contribution in [0.15, 0.2) is 30.6 Å². The lowest BCUT2D eigenvalue weighted by atomic mass is 9.81. The Morgan fingerprint density at radius 1 is 1.21 bits per heavy atom. The number of rotatable bonds is 3. The molecule has 5 heterocycles. The summed E-state index contributed by atoms with van der Waals surface area (Å²) in [6.07, 6.45) is 6.96. The van der Waals surface area contributed by atoms with Gasteiger partial charge in [0.15, 0.2) is 11.5 Å². The van der Waals surface area contributed by atoms with E-state index in [9.17, 15) is 0 Å². The van der Waals surface area contributed by atoms with Crippen molar-refractivity contribution in [2.75, 3.05) is 5.32 Å². The first-order chi connectivity index (χ1) is 13.6. The molecule has 0 aromatic carbocycles. The molecule has 1 spiro atoms. The zero-order valence-electron chi connectivity index (χ0n) is 15.7. The zero-order chi connectivity index (χ0) is 18.9. The maximum Gasteiger partial charge on any atom is 0.228 e. The second kappa shape index (κ2) is 5.34. The van der Waals surface area contributed by atoms with Gasteiger partial charge in [0.05, 0.1) is 11.9 Å². The van der Waals surface area contributed by atoms with E-state index in [0.717, 1.165) is 29.1 Å². The highest BCUT2D eigenvalue weighted by molar-refractivity contribution is 5.67. The molecule has 1 aliphatic heterocycles. The first-order valence-corrected chi connectivity index (χ1v) is 9.46. The van der Waals surface area contributed by atoms with E-state index in [4.69, 9.17) is 0 Å². The van der Waals surface area contributed by atoms with Crippen LogP contribution in [0.2, 0.25) is 0 Å². The lowest BCUT2D eigenvalue weighted by Gasteiger charge is -2.29. The van der Waals surface area contributed by atoms with Crippen molar-refractivity contribution >= 4 is 17.4 Å². The highest BCUT2D eigenvalue weighted by atomic mass is 15.5. The summed E-state index contributed by atoms with van der Waals surface area (Å²) < 4.78 is 2.22. The van der Waals surface area contributed by atoms with Crippen molar-refractivity contribution in [3.05, 3.63) is 42.1 Å². The Morgan fingerprint density at radius 3 is 2.89 bits per heavy atom. The van der Waals surface area contributed by atoms with Crippen molar-refractivity contribution in [1.29, 1.82) is 0 Å². The Balaban J connectivity index is 1.43. The number of hydrogen-bond acceptors (Lipinski definition) is 7. The van der Waals surface area contributed by atoms with Crippen LogP contribution in [0.5, 0.6) is 0 Å². The van der Waals surface area contributed by atoms with Crippen LogP contribution in [0.1, 0.15) is 37.2 Å². The van der Waals surface area contributed by atoms with E-state index in [2.05, 4.69) is 53.1 Å². The van der Waals surface area contributed by atoms with E-state index < -0.39 is 0 Å². The van der Waals surface area contributed by atoms with Crippen LogP contribution in [0.25, 0.3) is 16.9 Å². The maximum atomic E-state index is 4.67. The fraction of sp³-hybridized carbons (Fsp3) is 0.368. The van der Waals surface area contributed by atoms with Gasteiger partial charge in [0.25, 0.3) is 0 Å². The number of aryl methyl sites for hydroxylation is 1. The minimum Gasteiger partial charge on any atom is -0.306 e. The Bertz CT molecular complexity index is 1220. The Morgan fingerprint density at radius 2 is 2.11 bits per heavy atom. The molecule has 1 aliphatic carbocycles. The predicted octanol–water partition coefficient (Wildman–Crippen LogP) is 2.50. The van der Waals surface area contributed by atoms with Crippen molar-refractivity contribution in [3.8, 4) is 11.3 Å². The molecular formula is C19H19N9. The van der Waals surface area contributed by atoms with Gasteiger partial charge in [-0.15, -0.1) is 15.3 Å². The molecule has 0 radical (unpaired) electrons. The first kappa shape index (κ1) is 15.7. The van der Waals surface area contributed by atoms with Gasteiger partial charge in [-0.1, -0.05) is 6.92 Å². The molecule has 6 rings (SSSR count). The second-order valence-corrected chi connectivity index (χ2v) is 7.85. The van der Waals surface area contributed by atoms with E-state index in [-0.39, 0.29) is 0 Å². The summed E-state index contributed by atoms with van der Waals surface area (Å²) in [6.45, 7) is 2.33. The summed E-state index contributed by atoms with van der Waals surface area (Å²) in [5.74, 6) is 2.66. The van der Waals surface area contributed by atoms with E-state index in [0.29, 0.717) is 23.1 Å². The summed E-state index contributed by atoms with van der Waals surface area (Å²) in [5, 5.41) is 20.3. The van der Waals surface area contributed by atoms with Crippen LogP contribution in [0.4, 0.5) is 11.8 Å². The molecule has 9 nitrogen and oxygen atoms in total. The van der Waals surface area contributed by atoms with Gasteiger partial charge in [0.1, 0.15) is 5.82 Å². The normalized spacial score (nSPS) is 19.3. The third kappa shape index (κ3) is 2.25. The number of nitrogens with one attached hydrogen (secondary N) is 1. The lowest BCUT2D eigenvalue weighted by molar-refractivity contribution is 0.375. The molecule has 1 atom stereocenters. The fourth-order valence-corrected chi connectivity index (χ4v) is 4.34. The van der Waals surface area contributed by atoms with Gasteiger partial charge in [-0.25, -0.2) is 9.97 Å². The molecular weight excluding hydrogens is 354 g/mol.